The van der Waals surface area contributed by atoms with Gasteiger partial charge in [0.1, 0.15) is 41.7 Å². The van der Waals surface area contributed by atoms with Crippen LogP contribution in [-0.4, -0.2) is 130 Å². The van der Waals surface area contributed by atoms with Gasteiger partial charge < -0.3 is 56.9 Å². The molecule has 0 saturated carbocycles. The molecule has 10 atom stereocenters. The van der Waals surface area contributed by atoms with Crippen LogP contribution in [-0.2, 0) is 60.7 Å². The van der Waals surface area contributed by atoms with E-state index >= 15 is 0 Å². The van der Waals surface area contributed by atoms with Crippen molar-refractivity contribution in [1.29, 1.82) is 0 Å². The number of hydrogen-bond donors (Lipinski definition) is 9. The molecule has 410 valence electrons. The lowest BCUT2D eigenvalue weighted by Crippen LogP contribution is -2.59. The third kappa shape index (κ3) is 19.8. The number of methoxy groups -OCH3 is 1. The van der Waals surface area contributed by atoms with E-state index in [9.17, 15) is 58.5 Å². The highest BCUT2D eigenvalue weighted by molar-refractivity contribution is 6.00. The SMILES string of the molecule is C=C1C(=O)N[C@H](CC(C)C)C(=O)N[C@@H](CC(C)C)C(=O)N[C@@H](C(=O)O)[C@H](C)C(=O)N[C@@H](Cc2ccc(O)cc2)C(=O)N[C@@H](C=CC(C)=C[C@H](C)[C@H](Cc2ccccc2)OC)[C@H](C)C(=O)N[C@@H](C(=O)O)CCC(=O)N1C. The van der Waals surface area contributed by atoms with Gasteiger partial charge in [0.2, 0.25) is 35.4 Å². The number of carbonyl (C=O) groups is 9. The third-order valence-electron chi connectivity index (χ3n) is 13.0. The molecule has 1 aliphatic rings. The fourth-order valence-electron chi connectivity index (χ4n) is 8.34. The molecule has 0 bridgehead atoms. The Labute approximate surface area is 439 Å². The molecule has 0 radical (unpaired) electrons. The van der Waals surface area contributed by atoms with Crippen molar-refractivity contribution in [2.24, 2.45) is 29.6 Å². The number of nitrogens with one attached hydrogen (secondary N) is 6. The van der Waals surface area contributed by atoms with Crippen molar-refractivity contribution >= 4 is 53.3 Å². The van der Waals surface area contributed by atoms with E-state index in [1.165, 1.54) is 51.2 Å². The van der Waals surface area contributed by atoms with Crippen molar-refractivity contribution in [3.8, 4) is 5.75 Å². The Morgan fingerprint density at radius 3 is 1.83 bits per heavy atom. The first-order chi connectivity index (χ1) is 35.2. The van der Waals surface area contributed by atoms with E-state index in [1.54, 1.807) is 47.8 Å². The zero-order valence-electron chi connectivity index (χ0n) is 44.7. The number of allylic oxidation sites excluding steroid dienone is 2. The Kier molecular flexibility index (Phi) is 24.4. The van der Waals surface area contributed by atoms with Crippen LogP contribution in [0.1, 0.15) is 92.2 Å². The first-order valence-electron chi connectivity index (χ1n) is 25.2. The Balaban J connectivity index is 2.18. The number of phenols is 1. The van der Waals surface area contributed by atoms with E-state index in [2.05, 4.69) is 38.5 Å². The molecular weight excluding hydrogens is 967 g/mol. The number of aliphatic carboxylic acids is 2. The van der Waals surface area contributed by atoms with E-state index in [4.69, 9.17) is 4.74 Å². The summed E-state index contributed by atoms with van der Waals surface area (Å²) in [4.78, 5) is 124. The summed E-state index contributed by atoms with van der Waals surface area (Å²) < 4.78 is 5.83. The highest BCUT2D eigenvalue weighted by atomic mass is 16.5. The number of benzene rings is 2. The quantitative estimate of drug-likeness (QED) is 0.0913. The van der Waals surface area contributed by atoms with Gasteiger partial charge in [-0.25, -0.2) is 9.59 Å². The number of carboxylic acids is 2. The van der Waals surface area contributed by atoms with Crippen LogP contribution < -0.4 is 31.9 Å². The Morgan fingerprint density at radius 2 is 1.27 bits per heavy atom. The predicted octanol–water partition coefficient (Wildman–Crippen LogP) is 3.54. The minimum absolute atomic E-state index is 0.00463. The van der Waals surface area contributed by atoms with Crippen LogP contribution in [0.3, 0.4) is 0 Å². The molecule has 20 nitrogen and oxygen atoms in total. The summed E-state index contributed by atoms with van der Waals surface area (Å²) in [5.41, 5.74) is 1.83. The van der Waals surface area contributed by atoms with Gasteiger partial charge in [-0.05, 0) is 67.7 Å². The molecule has 9 N–H and O–H groups in total. The molecule has 2 aromatic rings. The van der Waals surface area contributed by atoms with Crippen LogP contribution in [0, 0.1) is 29.6 Å². The molecule has 1 saturated heterocycles. The first kappa shape index (κ1) is 61.9. The topological polar surface area (TPSA) is 299 Å². The van der Waals surface area contributed by atoms with Crippen LogP contribution in [0.15, 0.2) is 90.7 Å². The van der Waals surface area contributed by atoms with Gasteiger partial charge in [0.15, 0.2) is 0 Å². The molecule has 1 heterocycles. The first-order valence-corrected chi connectivity index (χ1v) is 25.2. The molecule has 0 aromatic heterocycles. The summed E-state index contributed by atoms with van der Waals surface area (Å²) in [6, 6.07) is 6.66. The number of aromatic hydroxyl groups is 1. The molecule has 3 rings (SSSR count). The normalized spacial score (nSPS) is 24.7. The van der Waals surface area contributed by atoms with Crippen molar-refractivity contribution in [3.05, 3.63) is 102 Å². The Hall–Kier alpha value is -7.35. The number of nitrogens with zero attached hydrogens (tertiary/aromatic N) is 1. The average Bonchev–Trinajstić information content (AvgIpc) is 3.35. The molecule has 0 aliphatic carbocycles. The minimum Gasteiger partial charge on any atom is -0.508 e. The number of carbonyl (C=O) groups excluding carboxylic acids is 7. The standard InChI is InChI=1S/C55H77N7O13/c1-30(2)25-42-51(68)60-43(26-31(3)4)53(70)61-47(55(73)74)35(8)49(66)58-44(28-38-18-20-39(63)21-19-38)52(69)56-40(22-17-32(5)27-33(6)45(75-11)29-37-15-13-12-14-16-37)34(7)48(65)57-41(54(71)72)23-24-46(64)62(10)36(9)50(67)59-42/h12-22,27,30-31,33-35,40-45,47,63H,9,23-26,28-29H2,1-8,10-11H3,(H,56,69)(H,57,65)(H,58,66)(H,59,67)(H,60,68)(H,61,70)(H,71,72)(H,73,74)/t33-,34-,35-,40-,41+,42+,43-,44-,45-,47+/m0/s1. The lowest BCUT2D eigenvalue weighted by molar-refractivity contribution is -0.146. The largest absolute Gasteiger partial charge is 0.508 e. The van der Waals surface area contributed by atoms with E-state index in [0.29, 0.717) is 17.6 Å². The maximum Gasteiger partial charge on any atom is 0.327 e. The van der Waals surface area contributed by atoms with Crippen LogP contribution in [0.5, 0.6) is 5.75 Å². The van der Waals surface area contributed by atoms with Gasteiger partial charge in [-0.15, -0.1) is 0 Å². The molecule has 1 fully saturated rings. The second-order valence-electron chi connectivity index (χ2n) is 20.1. The van der Waals surface area contributed by atoms with Crippen LogP contribution in [0.2, 0.25) is 0 Å². The van der Waals surface area contributed by atoms with Gasteiger partial charge in [-0.2, -0.15) is 0 Å². The fraction of sp³-hybridized carbons (Fsp3) is 0.509. The van der Waals surface area contributed by atoms with Crippen molar-refractivity contribution < 1.29 is 63.2 Å². The number of carboxylic acid groups (broad SMARTS) is 2. The van der Waals surface area contributed by atoms with Crippen LogP contribution >= 0.6 is 0 Å². The van der Waals surface area contributed by atoms with Gasteiger partial charge >= 0.3 is 11.9 Å². The number of likely N-dealkylation sites (N-methyl/N-ethyl adjacent to an activating group) is 1. The number of phenolic OH excluding ortho intramolecular Hbond substituents is 1. The second-order valence-corrected chi connectivity index (χ2v) is 20.1. The van der Waals surface area contributed by atoms with Crippen LogP contribution in [0.4, 0.5) is 0 Å². The van der Waals surface area contributed by atoms with E-state index in [-0.39, 0.29) is 48.9 Å². The Bertz CT molecular complexity index is 2410. The summed E-state index contributed by atoms with van der Waals surface area (Å²) in [6.45, 7) is 17.3. The molecule has 0 spiro atoms. The van der Waals surface area contributed by atoms with Gasteiger partial charge in [0.25, 0.3) is 5.91 Å². The maximum atomic E-state index is 14.6. The van der Waals surface area contributed by atoms with Gasteiger partial charge in [-0.1, -0.05) is 121 Å². The van der Waals surface area contributed by atoms with E-state index < -0.39 is 120 Å². The van der Waals surface area contributed by atoms with E-state index in [1.807, 2.05) is 43.3 Å². The molecule has 7 amide bonds. The smallest absolute Gasteiger partial charge is 0.327 e. The summed E-state index contributed by atoms with van der Waals surface area (Å²) in [6.07, 6.45) is 4.46. The maximum absolute atomic E-state index is 14.6. The van der Waals surface area contributed by atoms with Gasteiger partial charge in [0.05, 0.1) is 24.0 Å². The molecule has 75 heavy (non-hydrogen) atoms. The lowest BCUT2D eigenvalue weighted by Gasteiger charge is -2.29. The van der Waals surface area contributed by atoms with E-state index in [0.717, 1.165) is 10.5 Å². The summed E-state index contributed by atoms with van der Waals surface area (Å²) in [5, 5.41) is 46.2. The minimum atomic E-state index is -1.90. The van der Waals surface area contributed by atoms with Crippen molar-refractivity contribution in [3.63, 3.8) is 0 Å². The van der Waals surface area contributed by atoms with Gasteiger partial charge in [-0.3, -0.25) is 33.6 Å². The predicted molar refractivity (Wildman–Crippen MR) is 280 cm³/mol. The number of amides is 7. The molecular formula is C55H77N7O13. The number of hydrogen-bond acceptors (Lipinski definition) is 11. The average molecular weight is 1040 g/mol. The van der Waals surface area contributed by atoms with Crippen LogP contribution in [0.25, 0.3) is 0 Å². The zero-order chi connectivity index (χ0) is 56.3. The summed E-state index contributed by atoms with van der Waals surface area (Å²) in [5.74, 6) is -12.6. The summed E-state index contributed by atoms with van der Waals surface area (Å²) in [7, 11) is 2.85. The highest BCUT2D eigenvalue weighted by Gasteiger charge is 2.38. The van der Waals surface area contributed by atoms with Gasteiger partial charge in [0, 0.05) is 32.9 Å². The number of rotatable bonds is 15. The second kappa shape index (κ2) is 29.5. The Morgan fingerprint density at radius 1 is 0.720 bits per heavy atom. The number of ether oxygens (including phenoxy) is 1. The molecule has 1 aliphatic heterocycles. The fourth-order valence-corrected chi connectivity index (χ4v) is 8.34. The molecule has 2 aromatic carbocycles. The third-order valence-corrected chi connectivity index (χ3v) is 13.0. The van der Waals surface area contributed by atoms with Crippen molar-refractivity contribution in [2.45, 2.75) is 136 Å². The lowest BCUT2D eigenvalue weighted by atomic mass is 9.94. The summed E-state index contributed by atoms with van der Waals surface area (Å²) >= 11 is 0. The molecule has 0 unspecified atom stereocenters. The molecule has 20 heteroatoms. The highest BCUT2D eigenvalue weighted by Crippen LogP contribution is 2.20. The monoisotopic (exact) mass is 1040 g/mol. The van der Waals surface area contributed by atoms with Crippen molar-refractivity contribution in [2.75, 3.05) is 14.2 Å². The van der Waals surface area contributed by atoms with Crippen molar-refractivity contribution in [1.82, 2.24) is 36.8 Å². The zero-order valence-corrected chi connectivity index (χ0v) is 44.7.